The van der Waals surface area contributed by atoms with Crippen molar-refractivity contribution >= 4 is 17.6 Å². The number of benzene rings is 3. The summed E-state index contributed by atoms with van der Waals surface area (Å²) in [6.45, 7) is 3.12. The quantitative estimate of drug-likeness (QED) is 0.194. The first-order chi connectivity index (χ1) is 22.4. The van der Waals surface area contributed by atoms with E-state index >= 15 is 0 Å². The number of nitrogens with zero attached hydrogens (tertiary/aromatic N) is 2. The van der Waals surface area contributed by atoms with E-state index in [2.05, 4.69) is 6.92 Å². The van der Waals surface area contributed by atoms with Crippen LogP contribution in [0.4, 0.5) is 5.69 Å². The smallest absolute Gasteiger partial charge is 0.308 e. The minimum Gasteiger partial charge on any atom is -0.481 e. The molecule has 0 aromatic heterocycles. The number of likely N-dealkylation sites (tertiary alicyclic amines) is 1. The molecule has 10 nitrogen and oxygen atoms in total. The Kier molecular flexibility index (Phi) is 11.3. The predicted octanol–water partition coefficient (Wildman–Crippen LogP) is 4.18. The zero-order chi connectivity index (χ0) is 32.6. The maximum absolute atomic E-state index is 14.1. The van der Waals surface area contributed by atoms with Gasteiger partial charge in [0.15, 0.2) is 11.5 Å². The maximum atomic E-state index is 14.1. The summed E-state index contributed by atoms with van der Waals surface area (Å²) in [6, 6.07) is 18.6. The molecule has 46 heavy (non-hydrogen) atoms. The molecule has 0 saturated carbocycles. The van der Waals surface area contributed by atoms with Gasteiger partial charge in [0.2, 0.25) is 12.7 Å². The molecule has 1 amide bonds. The van der Waals surface area contributed by atoms with Crippen LogP contribution in [0.25, 0.3) is 0 Å². The third kappa shape index (κ3) is 7.36. The Labute approximate surface area is 270 Å². The number of aliphatic carboxylic acids is 1. The number of nitrogens with two attached hydrogens (primary N) is 1. The summed E-state index contributed by atoms with van der Waals surface area (Å²) in [6.07, 6.45) is 3.66. The first-order valence-corrected chi connectivity index (χ1v) is 16.2. The molecule has 3 atom stereocenters. The molecule has 2 aliphatic heterocycles. The summed E-state index contributed by atoms with van der Waals surface area (Å²) in [5, 5.41) is 30.6. The number of aliphatic hydroxyl groups is 2. The highest BCUT2D eigenvalue weighted by atomic mass is 16.7. The van der Waals surface area contributed by atoms with Crippen LogP contribution < -0.4 is 20.1 Å². The van der Waals surface area contributed by atoms with E-state index in [1.165, 1.54) is 0 Å². The number of ether oxygens (including phenoxy) is 2. The van der Waals surface area contributed by atoms with Gasteiger partial charge < -0.3 is 35.4 Å². The van der Waals surface area contributed by atoms with Gasteiger partial charge in [-0.2, -0.15) is 0 Å². The first kappa shape index (κ1) is 33.4. The number of hydrogen-bond acceptors (Lipinski definition) is 8. The highest BCUT2D eigenvalue weighted by molar-refractivity contribution is 5.95. The van der Waals surface area contributed by atoms with Crippen molar-refractivity contribution in [3.63, 3.8) is 0 Å². The molecule has 5 N–H and O–H groups in total. The van der Waals surface area contributed by atoms with Crippen LogP contribution in [0.5, 0.6) is 11.5 Å². The van der Waals surface area contributed by atoms with Crippen molar-refractivity contribution < 1.29 is 34.4 Å². The molecule has 0 bridgehead atoms. The van der Waals surface area contributed by atoms with Gasteiger partial charge in [0, 0.05) is 42.8 Å². The van der Waals surface area contributed by atoms with E-state index in [0.717, 1.165) is 40.8 Å². The van der Waals surface area contributed by atoms with E-state index in [9.17, 15) is 24.9 Å². The molecule has 0 aliphatic carbocycles. The fraction of sp³-hybridized carbons (Fsp3) is 0.444. The molecular formula is C36H45N3O7. The highest BCUT2D eigenvalue weighted by Gasteiger charge is 2.47. The van der Waals surface area contributed by atoms with E-state index < -0.39 is 23.8 Å². The Morgan fingerprint density at radius 2 is 1.76 bits per heavy atom. The van der Waals surface area contributed by atoms with E-state index in [1.807, 2.05) is 59.5 Å². The molecule has 3 aromatic rings. The highest BCUT2D eigenvalue weighted by Crippen LogP contribution is 2.45. The second-order valence-electron chi connectivity index (χ2n) is 12.1. The number of fused-ring (bicyclic) bond motifs is 1. The standard InChI is InChI=1S/C36H45N3O7/c1-2-3-14-39(29-12-6-8-24(15-29)18-37)33(42)20-38-19-30(27-16-28(22-41)35-32(17-27)45-23-46-35)34(36(43)44)31(38)13-7-11-25-9-4-5-10-26(25)21-40/h4-6,8-10,12,15-17,30-31,34,40-41H,2-3,7,11,13-14,18-23,37H2,1H3,(H,43,44)/t30-,31+,34-/m1/s1. The number of carbonyl (C=O) groups is 2. The Hall–Kier alpha value is -3.96. The van der Waals surface area contributed by atoms with Crippen LogP contribution in [0.3, 0.4) is 0 Å². The average molecular weight is 632 g/mol. The van der Waals surface area contributed by atoms with Crippen molar-refractivity contribution in [3.05, 3.63) is 88.5 Å². The normalized spacial score (nSPS) is 19.0. The van der Waals surface area contributed by atoms with Crippen LogP contribution in [0.2, 0.25) is 0 Å². The number of carboxylic acid groups (broad SMARTS) is 1. The second-order valence-corrected chi connectivity index (χ2v) is 12.1. The lowest BCUT2D eigenvalue weighted by Gasteiger charge is -2.30. The molecule has 2 aliphatic rings. The number of unbranched alkanes of at least 4 members (excludes halogenated alkanes) is 1. The molecule has 0 radical (unpaired) electrons. The molecule has 10 heteroatoms. The van der Waals surface area contributed by atoms with Gasteiger partial charge in [-0.25, -0.2) is 0 Å². The van der Waals surface area contributed by atoms with Gasteiger partial charge in [0.05, 0.1) is 25.7 Å². The molecule has 1 fully saturated rings. The van der Waals surface area contributed by atoms with Gasteiger partial charge in [0.25, 0.3) is 0 Å². The van der Waals surface area contributed by atoms with Crippen molar-refractivity contribution in [2.24, 2.45) is 11.7 Å². The van der Waals surface area contributed by atoms with Crippen LogP contribution in [0, 0.1) is 5.92 Å². The number of amides is 1. The third-order valence-electron chi connectivity index (χ3n) is 9.27. The van der Waals surface area contributed by atoms with Crippen molar-refractivity contribution in [2.45, 2.75) is 70.7 Å². The van der Waals surface area contributed by atoms with E-state index in [-0.39, 0.29) is 32.5 Å². The summed E-state index contributed by atoms with van der Waals surface area (Å²) in [4.78, 5) is 31.0. The second kappa shape index (κ2) is 15.6. The van der Waals surface area contributed by atoms with E-state index in [1.54, 1.807) is 11.0 Å². The monoisotopic (exact) mass is 631 g/mol. The molecule has 246 valence electrons. The molecule has 3 aromatic carbocycles. The molecule has 5 rings (SSSR count). The molecule has 0 spiro atoms. The van der Waals surface area contributed by atoms with Crippen molar-refractivity contribution in [1.82, 2.24) is 4.90 Å². The number of rotatable bonds is 15. The lowest BCUT2D eigenvalue weighted by molar-refractivity contribution is -0.143. The summed E-state index contributed by atoms with van der Waals surface area (Å²) in [7, 11) is 0. The number of carbonyl (C=O) groups excluding carboxylic acids is 1. The van der Waals surface area contributed by atoms with Crippen LogP contribution in [0.1, 0.15) is 66.3 Å². The lowest BCUT2D eigenvalue weighted by atomic mass is 9.82. The van der Waals surface area contributed by atoms with Crippen LogP contribution >= 0.6 is 0 Å². The molecule has 2 heterocycles. The van der Waals surface area contributed by atoms with Gasteiger partial charge in [0.1, 0.15) is 0 Å². The SMILES string of the molecule is CCCCN(C(=O)CN1C[C@H](c2cc(CO)c3c(c2)OCO3)[C@@H](C(=O)O)[C@@H]1CCCc1ccccc1CO)c1cccc(CN)c1. The zero-order valence-corrected chi connectivity index (χ0v) is 26.4. The lowest BCUT2D eigenvalue weighted by Crippen LogP contribution is -2.44. The summed E-state index contributed by atoms with van der Waals surface area (Å²) < 4.78 is 11.2. The van der Waals surface area contributed by atoms with Gasteiger partial charge in [-0.1, -0.05) is 49.7 Å². The van der Waals surface area contributed by atoms with Crippen molar-refractivity contribution in [3.8, 4) is 11.5 Å². The molecule has 1 saturated heterocycles. The largest absolute Gasteiger partial charge is 0.481 e. The average Bonchev–Trinajstić information content (AvgIpc) is 3.69. The predicted molar refractivity (Wildman–Crippen MR) is 175 cm³/mol. The Morgan fingerprint density at radius 1 is 0.978 bits per heavy atom. The molecular weight excluding hydrogens is 586 g/mol. The Bertz CT molecular complexity index is 1510. The van der Waals surface area contributed by atoms with E-state index in [4.69, 9.17) is 15.2 Å². The van der Waals surface area contributed by atoms with Gasteiger partial charge in [-0.15, -0.1) is 0 Å². The van der Waals surface area contributed by atoms with Crippen LogP contribution in [0.15, 0.2) is 60.7 Å². The molecule has 0 unspecified atom stereocenters. The Morgan fingerprint density at radius 3 is 2.48 bits per heavy atom. The zero-order valence-electron chi connectivity index (χ0n) is 26.4. The first-order valence-electron chi connectivity index (χ1n) is 16.2. The Balaban J connectivity index is 1.46. The number of carboxylic acids is 1. The van der Waals surface area contributed by atoms with Gasteiger partial charge >= 0.3 is 5.97 Å². The number of anilines is 1. The van der Waals surface area contributed by atoms with Crippen LogP contribution in [-0.4, -0.2) is 64.6 Å². The minimum atomic E-state index is -0.928. The summed E-state index contributed by atoms with van der Waals surface area (Å²) in [5.74, 6) is -1.29. The number of aliphatic hydroxyl groups excluding tert-OH is 2. The maximum Gasteiger partial charge on any atom is 0.308 e. The van der Waals surface area contributed by atoms with Crippen LogP contribution in [-0.2, 0) is 35.8 Å². The van der Waals surface area contributed by atoms with Gasteiger partial charge in [-0.3, -0.25) is 14.5 Å². The number of hydrogen-bond donors (Lipinski definition) is 4. The summed E-state index contributed by atoms with van der Waals surface area (Å²) >= 11 is 0. The topological polar surface area (TPSA) is 146 Å². The van der Waals surface area contributed by atoms with E-state index in [0.29, 0.717) is 56.0 Å². The van der Waals surface area contributed by atoms with Gasteiger partial charge in [-0.05, 0) is 72.2 Å². The fourth-order valence-electron chi connectivity index (χ4n) is 6.91. The summed E-state index contributed by atoms with van der Waals surface area (Å²) in [5.41, 5.74) is 10.8. The minimum absolute atomic E-state index is 0.0380. The number of aryl methyl sites for hydroxylation is 1. The van der Waals surface area contributed by atoms with Crippen molar-refractivity contribution in [1.29, 1.82) is 0 Å². The fourth-order valence-corrected chi connectivity index (χ4v) is 6.91. The van der Waals surface area contributed by atoms with Crippen molar-refractivity contribution in [2.75, 3.05) is 31.3 Å². The third-order valence-corrected chi connectivity index (χ3v) is 9.27.